The Labute approximate surface area is 116 Å². The average Bonchev–Trinajstić information content (AvgIpc) is 2.88. The van der Waals surface area contributed by atoms with E-state index in [-0.39, 0.29) is 0 Å². The molecular weight excluding hydrogens is 292 g/mol. The average molecular weight is 309 g/mol. The Hall–Kier alpha value is -1.22. The van der Waals surface area contributed by atoms with Crippen molar-refractivity contribution in [2.24, 2.45) is 0 Å². The number of methoxy groups -OCH3 is 1. The third-order valence-electron chi connectivity index (χ3n) is 3.01. The molecule has 0 aliphatic heterocycles. The molecule has 0 aliphatic rings. The summed E-state index contributed by atoms with van der Waals surface area (Å²) in [6.07, 6.45) is 3.63. The Morgan fingerprint density at radius 1 is 1.22 bits per heavy atom. The van der Waals surface area contributed by atoms with Gasteiger partial charge in [-0.05, 0) is 30.2 Å². The van der Waals surface area contributed by atoms with Gasteiger partial charge in [-0.3, -0.25) is 0 Å². The molecule has 96 valence electrons. The summed E-state index contributed by atoms with van der Waals surface area (Å²) in [5.41, 5.74) is 2.52. The molecule has 18 heavy (non-hydrogen) atoms. The molecule has 0 bridgehead atoms. The first-order valence-electron chi connectivity index (χ1n) is 6.07. The molecule has 1 heterocycles. The van der Waals surface area contributed by atoms with Crippen LogP contribution < -0.4 is 4.74 Å². The maximum absolute atomic E-state index is 5.46. The number of hydrogen-bond acceptors (Lipinski definition) is 2. The van der Waals surface area contributed by atoms with Gasteiger partial charge in [0.2, 0.25) is 0 Å². The third kappa shape index (κ3) is 2.96. The fourth-order valence-electron chi connectivity index (χ4n) is 2.00. The standard InChI is InChI=1S/C15H17BrO2/c1-3-15-13(8-9-18-15)14(16)10-11-4-6-12(17-2)7-5-11/h4-9,14H,3,10H2,1-2H3. The Balaban J connectivity index is 2.08. The first kappa shape index (κ1) is 13.2. The van der Waals surface area contributed by atoms with Crippen molar-refractivity contribution in [2.45, 2.75) is 24.6 Å². The Bertz CT molecular complexity index is 487. The van der Waals surface area contributed by atoms with Gasteiger partial charge in [0.25, 0.3) is 0 Å². The molecule has 0 saturated heterocycles. The minimum Gasteiger partial charge on any atom is -0.497 e. The van der Waals surface area contributed by atoms with Crippen molar-refractivity contribution in [2.75, 3.05) is 7.11 Å². The van der Waals surface area contributed by atoms with Gasteiger partial charge in [-0.25, -0.2) is 0 Å². The number of alkyl halides is 1. The number of hydrogen-bond donors (Lipinski definition) is 0. The van der Waals surface area contributed by atoms with Crippen molar-refractivity contribution in [1.29, 1.82) is 0 Å². The lowest BCUT2D eigenvalue weighted by Gasteiger charge is -2.10. The smallest absolute Gasteiger partial charge is 0.118 e. The minimum atomic E-state index is 0.291. The lowest BCUT2D eigenvalue weighted by atomic mass is 10.0. The number of ether oxygens (including phenoxy) is 1. The van der Waals surface area contributed by atoms with Gasteiger partial charge in [0, 0.05) is 16.8 Å². The van der Waals surface area contributed by atoms with Crippen LogP contribution in [0, 0.1) is 0 Å². The van der Waals surface area contributed by atoms with E-state index in [1.807, 2.05) is 18.2 Å². The lowest BCUT2D eigenvalue weighted by molar-refractivity contribution is 0.414. The second-order valence-electron chi connectivity index (χ2n) is 4.17. The summed E-state index contributed by atoms with van der Waals surface area (Å²) in [6, 6.07) is 10.2. The van der Waals surface area contributed by atoms with Crippen LogP contribution in [0.1, 0.15) is 28.6 Å². The van der Waals surface area contributed by atoms with Crippen LogP contribution in [0.15, 0.2) is 41.0 Å². The van der Waals surface area contributed by atoms with Crippen LogP contribution in [0.4, 0.5) is 0 Å². The number of benzene rings is 1. The summed E-state index contributed by atoms with van der Waals surface area (Å²) >= 11 is 3.74. The second-order valence-corrected chi connectivity index (χ2v) is 5.28. The molecule has 1 atom stereocenters. The molecule has 2 nitrogen and oxygen atoms in total. The molecule has 0 spiro atoms. The van der Waals surface area contributed by atoms with Crippen molar-refractivity contribution in [1.82, 2.24) is 0 Å². The number of furan rings is 1. The minimum absolute atomic E-state index is 0.291. The van der Waals surface area contributed by atoms with Gasteiger partial charge in [-0.1, -0.05) is 35.0 Å². The van der Waals surface area contributed by atoms with Crippen molar-refractivity contribution >= 4 is 15.9 Å². The molecule has 0 saturated carbocycles. The van der Waals surface area contributed by atoms with Crippen LogP contribution in [-0.4, -0.2) is 7.11 Å². The van der Waals surface area contributed by atoms with Crippen LogP contribution in [0.2, 0.25) is 0 Å². The van der Waals surface area contributed by atoms with Gasteiger partial charge < -0.3 is 9.15 Å². The van der Waals surface area contributed by atoms with Gasteiger partial charge >= 0.3 is 0 Å². The quantitative estimate of drug-likeness (QED) is 0.757. The predicted molar refractivity (Wildman–Crippen MR) is 76.5 cm³/mol. The molecule has 1 aromatic heterocycles. The van der Waals surface area contributed by atoms with Crippen LogP contribution in [-0.2, 0) is 12.8 Å². The van der Waals surface area contributed by atoms with Crippen LogP contribution >= 0.6 is 15.9 Å². The van der Waals surface area contributed by atoms with Crippen molar-refractivity contribution in [3.05, 3.63) is 53.5 Å². The maximum atomic E-state index is 5.46. The zero-order valence-corrected chi connectivity index (χ0v) is 12.2. The van der Waals surface area contributed by atoms with Gasteiger partial charge in [-0.15, -0.1) is 0 Å². The molecule has 0 radical (unpaired) electrons. The largest absolute Gasteiger partial charge is 0.497 e. The summed E-state index contributed by atoms with van der Waals surface area (Å²) in [5, 5.41) is 0. The summed E-state index contributed by atoms with van der Waals surface area (Å²) < 4.78 is 10.6. The monoisotopic (exact) mass is 308 g/mol. The SMILES string of the molecule is CCc1occc1C(Br)Cc1ccc(OC)cc1. The number of halogens is 1. The van der Waals surface area contributed by atoms with E-state index >= 15 is 0 Å². The third-order valence-corrected chi connectivity index (χ3v) is 3.83. The van der Waals surface area contributed by atoms with E-state index in [0.29, 0.717) is 4.83 Å². The Morgan fingerprint density at radius 2 is 1.94 bits per heavy atom. The van der Waals surface area contributed by atoms with Crippen molar-refractivity contribution in [3.63, 3.8) is 0 Å². The second kappa shape index (κ2) is 6.10. The highest BCUT2D eigenvalue weighted by Gasteiger charge is 2.14. The molecule has 1 aromatic carbocycles. The van der Waals surface area contributed by atoms with Crippen LogP contribution in [0.3, 0.4) is 0 Å². The summed E-state index contributed by atoms with van der Waals surface area (Å²) in [7, 11) is 1.68. The first-order chi connectivity index (χ1) is 8.74. The van der Waals surface area contributed by atoms with Crippen LogP contribution in [0.25, 0.3) is 0 Å². The van der Waals surface area contributed by atoms with E-state index in [4.69, 9.17) is 9.15 Å². The van der Waals surface area contributed by atoms with Crippen molar-refractivity contribution in [3.8, 4) is 5.75 Å². The topological polar surface area (TPSA) is 22.4 Å². The van der Waals surface area contributed by atoms with E-state index < -0.39 is 0 Å². The van der Waals surface area contributed by atoms with Gasteiger partial charge in [0.15, 0.2) is 0 Å². The van der Waals surface area contributed by atoms with E-state index in [2.05, 4.69) is 35.0 Å². The molecule has 0 aliphatic carbocycles. The molecule has 0 amide bonds. The van der Waals surface area contributed by atoms with Crippen molar-refractivity contribution < 1.29 is 9.15 Å². The molecular formula is C15H17BrO2. The molecule has 2 rings (SSSR count). The fraction of sp³-hybridized carbons (Fsp3) is 0.333. The molecule has 3 heteroatoms. The highest BCUT2D eigenvalue weighted by atomic mass is 79.9. The molecule has 0 N–H and O–H groups in total. The zero-order valence-electron chi connectivity index (χ0n) is 10.7. The summed E-state index contributed by atoms with van der Waals surface area (Å²) in [5.74, 6) is 1.95. The highest BCUT2D eigenvalue weighted by molar-refractivity contribution is 9.09. The van der Waals surface area contributed by atoms with Gasteiger partial charge in [0.1, 0.15) is 11.5 Å². The summed E-state index contributed by atoms with van der Waals surface area (Å²) in [4.78, 5) is 0.291. The first-order valence-corrected chi connectivity index (χ1v) is 6.99. The fourth-order valence-corrected chi connectivity index (χ4v) is 2.78. The zero-order chi connectivity index (χ0) is 13.0. The van der Waals surface area contributed by atoms with Gasteiger partial charge in [0.05, 0.1) is 13.4 Å². The molecule has 0 fully saturated rings. The molecule has 1 unspecified atom stereocenters. The van der Waals surface area contributed by atoms with E-state index in [0.717, 1.165) is 24.4 Å². The Morgan fingerprint density at radius 3 is 2.56 bits per heavy atom. The van der Waals surface area contributed by atoms with E-state index in [1.54, 1.807) is 13.4 Å². The van der Waals surface area contributed by atoms with Crippen LogP contribution in [0.5, 0.6) is 5.75 Å². The van der Waals surface area contributed by atoms with E-state index in [9.17, 15) is 0 Å². The Kier molecular flexibility index (Phi) is 4.48. The van der Waals surface area contributed by atoms with E-state index in [1.165, 1.54) is 11.1 Å². The van der Waals surface area contributed by atoms with Gasteiger partial charge in [-0.2, -0.15) is 0 Å². The lowest BCUT2D eigenvalue weighted by Crippen LogP contribution is -1.97. The normalized spacial score (nSPS) is 12.4. The maximum Gasteiger partial charge on any atom is 0.118 e. The molecule has 2 aromatic rings. The number of rotatable bonds is 5. The summed E-state index contributed by atoms with van der Waals surface area (Å²) in [6.45, 7) is 2.11. The predicted octanol–water partition coefficient (Wildman–Crippen LogP) is 4.53. The number of aryl methyl sites for hydroxylation is 1. The highest BCUT2D eigenvalue weighted by Crippen LogP contribution is 2.31.